The van der Waals surface area contributed by atoms with Crippen LogP contribution in [0.4, 0.5) is 11.5 Å². The molecule has 0 bridgehead atoms. The molecule has 1 atom stereocenters. The van der Waals surface area contributed by atoms with Crippen LogP contribution in [0, 0.1) is 0 Å². The third-order valence-electron chi connectivity index (χ3n) is 3.47. The Morgan fingerprint density at radius 2 is 2.00 bits per heavy atom. The van der Waals surface area contributed by atoms with E-state index in [1.165, 1.54) is 0 Å². The van der Waals surface area contributed by atoms with Crippen LogP contribution in [-0.2, 0) is 0 Å². The molecule has 0 aliphatic heterocycles. The highest BCUT2D eigenvalue weighted by Gasteiger charge is 2.10. The van der Waals surface area contributed by atoms with Crippen LogP contribution >= 0.6 is 0 Å². The first kappa shape index (κ1) is 16.8. The molecule has 1 unspecified atom stereocenters. The lowest BCUT2D eigenvalue weighted by Gasteiger charge is -2.13. The lowest BCUT2D eigenvalue weighted by atomic mass is 10.2. The van der Waals surface area contributed by atoms with Gasteiger partial charge in [0.05, 0.1) is 17.9 Å². The second kappa shape index (κ2) is 8.17. The van der Waals surface area contributed by atoms with Gasteiger partial charge in [-0.2, -0.15) is 0 Å². The van der Waals surface area contributed by atoms with Gasteiger partial charge >= 0.3 is 0 Å². The molecule has 0 saturated carbocycles. The van der Waals surface area contributed by atoms with Crippen LogP contribution in [-0.4, -0.2) is 23.5 Å². The zero-order valence-electron chi connectivity index (χ0n) is 13.8. The maximum absolute atomic E-state index is 12.3. The molecule has 0 aliphatic carbocycles. The summed E-state index contributed by atoms with van der Waals surface area (Å²) in [7, 11) is 0. The number of carbonyl (C=O) groups is 1. The lowest BCUT2D eigenvalue weighted by Crippen LogP contribution is -2.16. The number of nitrogens with zero attached hydrogens (tertiary/aromatic N) is 1. The number of carbonyl (C=O) groups excluding carboxylic acids is 1. The average molecular weight is 313 g/mol. The van der Waals surface area contributed by atoms with Crippen molar-refractivity contribution in [2.24, 2.45) is 0 Å². The lowest BCUT2D eigenvalue weighted by molar-refractivity contribution is 0.102. The van der Waals surface area contributed by atoms with E-state index in [9.17, 15) is 4.79 Å². The summed E-state index contributed by atoms with van der Waals surface area (Å²) in [5.41, 5.74) is 1.16. The fraction of sp³-hybridized carbons (Fsp3) is 0.333. The number of para-hydroxylation sites is 2. The molecule has 1 aromatic carbocycles. The Bertz CT molecular complexity index is 641. The average Bonchev–Trinajstić information content (AvgIpc) is 2.57. The van der Waals surface area contributed by atoms with E-state index in [0.29, 0.717) is 29.6 Å². The Morgan fingerprint density at radius 1 is 1.22 bits per heavy atom. The summed E-state index contributed by atoms with van der Waals surface area (Å²) in [6.07, 6.45) is 2.58. The number of ether oxygens (including phenoxy) is 1. The van der Waals surface area contributed by atoms with Crippen molar-refractivity contribution in [3.63, 3.8) is 0 Å². The van der Waals surface area contributed by atoms with Crippen molar-refractivity contribution in [3.8, 4) is 5.75 Å². The number of hydrogen-bond donors (Lipinski definition) is 2. The normalized spacial score (nSPS) is 11.6. The van der Waals surface area contributed by atoms with Crippen LogP contribution in [0.2, 0.25) is 0 Å². The topological polar surface area (TPSA) is 63.2 Å². The van der Waals surface area contributed by atoms with E-state index in [1.54, 1.807) is 12.3 Å². The molecule has 2 aromatic rings. The largest absolute Gasteiger partial charge is 0.492 e. The number of amides is 1. The molecule has 0 radical (unpaired) electrons. The van der Waals surface area contributed by atoms with E-state index in [0.717, 1.165) is 12.2 Å². The predicted molar refractivity (Wildman–Crippen MR) is 93.2 cm³/mol. The number of hydrogen-bond acceptors (Lipinski definition) is 4. The molecule has 0 spiro atoms. The molecule has 0 saturated heterocycles. The molecule has 23 heavy (non-hydrogen) atoms. The second-order valence-corrected chi connectivity index (χ2v) is 5.27. The fourth-order valence-corrected chi connectivity index (χ4v) is 2.01. The first-order valence-electron chi connectivity index (χ1n) is 7.89. The molecule has 0 aliphatic rings. The number of pyridine rings is 1. The molecular weight excluding hydrogens is 290 g/mol. The van der Waals surface area contributed by atoms with Gasteiger partial charge in [0.15, 0.2) is 0 Å². The molecule has 122 valence electrons. The summed E-state index contributed by atoms with van der Waals surface area (Å²) in [5, 5.41) is 6.13. The highest BCUT2D eigenvalue weighted by atomic mass is 16.5. The first-order valence-corrected chi connectivity index (χ1v) is 7.89. The monoisotopic (exact) mass is 313 g/mol. The second-order valence-electron chi connectivity index (χ2n) is 5.27. The fourth-order valence-electron chi connectivity index (χ4n) is 2.01. The molecule has 5 heteroatoms. The van der Waals surface area contributed by atoms with E-state index >= 15 is 0 Å². The Balaban J connectivity index is 2.06. The molecule has 1 heterocycles. The molecule has 2 N–H and O–H groups in total. The van der Waals surface area contributed by atoms with Gasteiger partial charge in [-0.1, -0.05) is 19.1 Å². The van der Waals surface area contributed by atoms with Gasteiger partial charge in [-0.15, -0.1) is 0 Å². The van der Waals surface area contributed by atoms with Crippen molar-refractivity contribution in [1.29, 1.82) is 0 Å². The van der Waals surface area contributed by atoms with Gasteiger partial charge in [0.25, 0.3) is 5.91 Å². The summed E-state index contributed by atoms with van der Waals surface area (Å²) in [5.74, 6) is 1.22. The highest BCUT2D eigenvalue weighted by Crippen LogP contribution is 2.24. The molecule has 2 rings (SSSR count). The number of rotatable bonds is 7. The maximum atomic E-state index is 12.3. The van der Waals surface area contributed by atoms with Gasteiger partial charge in [-0.3, -0.25) is 4.79 Å². The summed E-state index contributed by atoms with van der Waals surface area (Å²) in [6, 6.07) is 11.3. The van der Waals surface area contributed by atoms with E-state index < -0.39 is 0 Å². The van der Waals surface area contributed by atoms with Gasteiger partial charge in [0, 0.05) is 12.2 Å². The zero-order chi connectivity index (χ0) is 16.7. The molecular formula is C18H23N3O2. The van der Waals surface area contributed by atoms with Gasteiger partial charge in [0.1, 0.15) is 11.6 Å². The van der Waals surface area contributed by atoms with Crippen LogP contribution in [0.1, 0.15) is 37.6 Å². The van der Waals surface area contributed by atoms with Crippen molar-refractivity contribution in [2.45, 2.75) is 33.2 Å². The number of nitrogens with one attached hydrogen (secondary N) is 2. The van der Waals surface area contributed by atoms with Crippen LogP contribution in [0.25, 0.3) is 0 Å². The van der Waals surface area contributed by atoms with Crippen LogP contribution in [0.3, 0.4) is 0 Å². The third-order valence-corrected chi connectivity index (χ3v) is 3.47. The van der Waals surface area contributed by atoms with E-state index in [4.69, 9.17) is 4.74 Å². The molecule has 0 fully saturated rings. The van der Waals surface area contributed by atoms with Crippen molar-refractivity contribution >= 4 is 17.4 Å². The van der Waals surface area contributed by atoms with Crippen molar-refractivity contribution in [2.75, 3.05) is 17.2 Å². The van der Waals surface area contributed by atoms with Crippen LogP contribution in [0.5, 0.6) is 5.75 Å². The van der Waals surface area contributed by atoms with Crippen molar-refractivity contribution in [1.82, 2.24) is 4.98 Å². The first-order chi connectivity index (χ1) is 11.1. The maximum Gasteiger partial charge on any atom is 0.257 e. The van der Waals surface area contributed by atoms with E-state index in [2.05, 4.69) is 29.5 Å². The van der Waals surface area contributed by atoms with E-state index in [1.807, 2.05) is 37.3 Å². The van der Waals surface area contributed by atoms with Gasteiger partial charge in [0.2, 0.25) is 0 Å². The minimum absolute atomic E-state index is 0.209. The van der Waals surface area contributed by atoms with Crippen molar-refractivity contribution < 1.29 is 9.53 Å². The Kier molecular flexibility index (Phi) is 5.97. The Morgan fingerprint density at radius 3 is 2.65 bits per heavy atom. The van der Waals surface area contributed by atoms with Gasteiger partial charge in [-0.25, -0.2) is 4.98 Å². The predicted octanol–water partition coefficient (Wildman–Crippen LogP) is 3.94. The third kappa shape index (κ3) is 4.71. The van der Waals surface area contributed by atoms with Crippen LogP contribution < -0.4 is 15.4 Å². The minimum atomic E-state index is -0.209. The standard InChI is InChI=1S/C18H23N3O2/c1-4-13(3)20-17-11-10-14(12-19-17)18(22)21-15-8-6-7-9-16(15)23-5-2/h6-13H,4-5H2,1-3H3,(H,19,20)(H,21,22). The van der Waals surface area contributed by atoms with Crippen molar-refractivity contribution in [3.05, 3.63) is 48.2 Å². The van der Waals surface area contributed by atoms with Crippen LogP contribution in [0.15, 0.2) is 42.6 Å². The zero-order valence-corrected chi connectivity index (χ0v) is 13.8. The van der Waals surface area contributed by atoms with E-state index in [-0.39, 0.29) is 5.91 Å². The summed E-state index contributed by atoms with van der Waals surface area (Å²) in [4.78, 5) is 16.6. The summed E-state index contributed by atoms with van der Waals surface area (Å²) in [6.45, 7) is 6.65. The quantitative estimate of drug-likeness (QED) is 0.812. The van der Waals surface area contributed by atoms with Gasteiger partial charge in [-0.05, 0) is 44.5 Å². The number of anilines is 2. The number of benzene rings is 1. The SMILES string of the molecule is CCOc1ccccc1NC(=O)c1ccc(NC(C)CC)nc1. The number of aromatic nitrogens is 1. The Hall–Kier alpha value is -2.56. The highest BCUT2D eigenvalue weighted by molar-refractivity contribution is 6.04. The smallest absolute Gasteiger partial charge is 0.257 e. The molecule has 5 nitrogen and oxygen atoms in total. The Labute approximate surface area is 137 Å². The van der Waals surface area contributed by atoms with Gasteiger partial charge < -0.3 is 15.4 Å². The minimum Gasteiger partial charge on any atom is -0.492 e. The summed E-state index contributed by atoms with van der Waals surface area (Å²) >= 11 is 0. The summed E-state index contributed by atoms with van der Waals surface area (Å²) < 4.78 is 5.51. The molecule has 1 amide bonds. The molecule has 1 aromatic heterocycles.